The van der Waals surface area contributed by atoms with E-state index in [1.807, 2.05) is 7.05 Å². The third kappa shape index (κ3) is 9.42. The Balaban J connectivity index is 0.00000529. The van der Waals surface area contributed by atoms with Gasteiger partial charge in [0, 0.05) is 45.8 Å². The lowest BCUT2D eigenvalue weighted by atomic mass is 9.87. The molecule has 6 heteroatoms. The summed E-state index contributed by atoms with van der Waals surface area (Å²) in [5.41, 5.74) is 0.314. The normalized spacial score (nSPS) is 20.6. The molecule has 1 aliphatic rings. The molecule has 0 spiro atoms. The van der Waals surface area contributed by atoms with Gasteiger partial charge in [0.15, 0.2) is 5.96 Å². The zero-order chi connectivity index (χ0) is 17.3. The van der Waals surface area contributed by atoms with Crippen LogP contribution in [0.1, 0.15) is 46.5 Å². The number of hydrogen-bond donors (Lipinski definition) is 2. The molecule has 144 valence electrons. The first kappa shape index (κ1) is 23.9. The van der Waals surface area contributed by atoms with Crippen LogP contribution in [0.15, 0.2) is 4.99 Å². The highest BCUT2D eigenvalue weighted by Gasteiger charge is 2.22. The van der Waals surface area contributed by atoms with Crippen LogP contribution >= 0.6 is 24.0 Å². The third-order valence-corrected chi connectivity index (χ3v) is 4.90. The van der Waals surface area contributed by atoms with E-state index >= 15 is 0 Å². The Morgan fingerprint density at radius 3 is 2.50 bits per heavy atom. The van der Waals surface area contributed by atoms with Crippen molar-refractivity contribution in [2.45, 2.75) is 52.5 Å². The van der Waals surface area contributed by atoms with Gasteiger partial charge in [-0.05, 0) is 25.9 Å². The second-order valence-corrected chi connectivity index (χ2v) is 7.82. The van der Waals surface area contributed by atoms with Gasteiger partial charge in [-0.25, -0.2) is 0 Å². The van der Waals surface area contributed by atoms with Gasteiger partial charge in [0.25, 0.3) is 0 Å². The quantitative estimate of drug-likeness (QED) is 0.257. The Morgan fingerprint density at radius 1 is 1.17 bits per heavy atom. The number of nitrogens with zero attached hydrogens (tertiary/aromatic N) is 3. The van der Waals surface area contributed by atoms with Crippen LogP contribution in [0.25, 0.3) is 0 Å². The number of guanidine groups is 1. The van der Waals surface area contributed by atoms with Crippen molar-refractivity contribution in [3.63, 3.8) is 0 Å². The molecule has 0 saturated carbocycles. The summed E-state index contributed by atoms with van der Waals surface area (Å²) in [5.74, 6) is 0.926. The topological polar surface area (TPSA) is 42.9 Å². The van der Waals surface area contributed by atoms with Gasteiger partial charge in [-0.2, -0.15) is 0 Å². The second-order valence-electron chi connectivity index (χ2n) is 7.82. The number of piperazine rings is 1. The molecule has 0 amide bonds. The summed E-state index contributed by atoms with van der Waals surface area (Å²) in [7, 11) is 6.27. The maximum Gasteiger partial charge on any atom is 0.191 e. The second kappa shape index (κ2) is 12.3. The molecule has 1 saturated heterocycles. The molecule has 1 unspecified atom stereocenters. The first-order chi connectivity index (χ1) is 10.9. The fourth-order valence-electron chi connectivity index (χ4n) is 3.02. The molecule has 1 atom stereocenters. The molecule has 1 rings (SSSR count). The maximum atomic E-state index is 4.38. The predicted molar refractivity (Wildman–Crippen MR) is 117 cm³/mol. The molecule has 1 fully saturated rings. The van der Waals surface area contributed by atoms with Crippen LogP contribution in [0.3, 0.4) is 0 Å². The predicted octanol–water partition coefficient (Wildman–Crippen LogP) is 2.62. The first-order valence-corrected chi connectivity index (χ1v) is 9.21. The van der Waals surface area contributed by atoms with Crippen molar-refractivity contribution in [3.05, 3.63) is 0 Å². The van der Waals surface area contributed by atoms with Crippen LogP contribution in [0.5, 0.6) is 0 Å². The zero-order valence-electron chi connectivity index (χ0n) is 16.7. The molecule has 0 aliphatic carbocycles. The number of halogens is 1. The smallest absolute Gasteiger partial charge is 0.191 e. The lowest BCUT2D eigenvalue weighted by Gasteiger charge is -2.38. The summed E-state index contributed by atoms with van der Waals surface area (Å²) < 4.78 is 0. The van der Waals surface area contributed by atoms with E-state index in [1.165, 1.54) is 25.7 Å². The highest BCUT2D eigenvalue weighted by atomic mass is 127. The monoisotopic (exact) mass is 453 g/mol. The van der Waals surface area contributed by atoms with Gasteiger partial charge in [0.1, 0.15) is 0 Å². The van der Waals surface area contributed by atoms with E-state index in [0.717, 1.165) is 38.7 Å². The number of rotatable bonds is 8. The minimum atomic E-state index is 0. The minimum Gasteiger partial charge on any atom is -0.356 e. The number of unbranched alkanes of at least 4 members (excludes halogenated alkanes) is 2. The maximum absolute atomic E-state index is 4.38. The van der Waals surface area contributed by atoms with Crippen molar-refractivity contribution in [1.29, 1.82) is 0 Å². The van der Waals surface area contributed by atoms with Crippen LogP contribution < -0.4 is 10.6 Å². The van der Waals surface area contributed by atoms with Gasteiger partial charge in [-0.1, -0.05) is 40.0 Å². The fraction of sp³-hybridized carbons (Fsp3) is 0.944. The van der Waals surface area contributed by atoms with E-state index in [9.17, 15) is 0 Å². The molecule has 5 nitrogen and oxygen atoms in total. The average Bonchev–Trinajstić information content (AvgIpc) is 2.50. The number of nitrogens with one attached hydrogen (secondary N) is 2. The number of aliphatic imine (C=N–C) groups is 1. The van der Waals surface area contributed by atoms with Gasteiger partial charge in [0.05, 0.1) is 0 Å². The summed E-state index contributed by atoms with van der Waals surface area (Å²) in [6.07, 6.45) is 5.20. The van der Waals surface area contributed by atoms with E-state index in [1.54, 1.807) is 0 Å². The molecule has 24 heavy (non-hydrogen) atoms. The van der Waals surface area contributed by atoms with Crippen molar-refractivity contribution >= 4 is 29.9 Å². The summed E-state index contributed by atoms with van der Waals surface area (Å²) in [4.78, 5) is 9.22. The van der Waals surface area contributed by atoms with E-state index < -0.39 is 0 Å². The van der Waals surface area contributed by atoms with Crippen molar-refractivity contribution in [3.8, 4) is 0 Å². The SMILES string of the molecule is CCCCCC(C)(C)CNC(=NC)NCC1CN(C)CCN1C.I. The first-order valence-electron chi connectivity index (χ1n) is 9.21. The van der Waals surface area contributed by atoms with Crippen molar-refractivity contribution in [1.82, 2.24) is 20.4 Å². The molecular weight excluding hydrogens is 413 g/mol. The van der Waals surface area contributed by atoms with Crippen molar-refractivity contribution in [2.24, 2.45) is 10.4 Å². The molecule has 1 heterocycles. The molecule has 0 radical (unpaired) electrons. The van der Waals surface area contributed by atoms with Gasteiger partial charge in [0.2, 0.25) is 0 Å². The van der Waals surface area contributed by atoms with Gasteiger partial charge in [-0.15, -0.1) is 24.0 Å². The van der Waals surface area contributed by atoms with Crippen molar-refractivity contribution in [2.75, 3.05) is 53.9 Å². The number of likely N-dealkylation sites (N-methyl/N-ethyl adjacent to an activating group) is 2. The highest BCUT2D eigenvalue weighted by molar-refractivity contribution is 14.0. The van der Waals surface area contributed by atoms with E-state index in [4.69, 9.17) is 0 Å². The summed E-state index contributed by atoms with van der Waals surface area (Å²) in [5, 5.41) is 7.01. The van der Waals surface area contributed by atoms with E-state index in [0.29, 0.717) is 11.5 Å². The Bertz CT molecular complexity index is 359. The van der Waals surface area contributed by atoms with E-state index in [2.05, 4.69) is 60.3 Å². The third-order valence-electron chi connectivity index (χ3n) is 4.90. The Labute approximate surface area is 167 Å². The zero-order valence-corrected chi connectivity index (χ0v) is 19.0. The van der Waals surface area contributed by atoms with Crippen LogP contribution in [0.4, 0.5) is 0 Å². The standard InChI is InChI=1S/C18H39N5.HI/c1-7-8-9-10-18(2,3)15-21-17(19-4)20-13-16-14-22(5)11-12-23(16)6;/h16H,7-15H2,1-6H3,(H2,19,20,21);1H. The minimum absolute atomic E-state index is 0. The summed E-state index contributed by atoms with van der Waals surface area (Å²) in [6.45, 7) is 12.3. The van der Waals surface area contributed by atoms with Crippen LogP contribution in [0, 0.1) is 5.41 Å². The van der Waals surface area contributed by atoms with Gasteiger partial charge in [-0.3, -0.25) is 9.89 Å². The Hall–Kier alpha value is -0.0800. The number of hydrogen-bond acceptors (Lipinski definition) is 3. The summed E-state index contributed by atoms with van der Waals surface area (Å²) in [6, 6.07) is 0.546. The van der Waals surface area contributed by atoms with Crippen molar-refractivity contribution < 1.29 is 0 Å². The van der Waals surface area contributed by atoms with Gasteiger partial charge >= 0.3 is 0 Å². The van der Waals surface area contributed by atoms with Crippen LogP contribution in [0.2, 0.25) is 0 Å². The fourth-order valence-corrected chi connectivity index (χ4v) is 3.02. The molecule has 0 aromatic carbocycles. The molecule has 2 N–H and O–H groups in total. The molecule has 0 aromatic heterocycles. The van der Waals surface area contributed by atoms with Gasteiger partial charge < -0.3 is 15.5 Å². The lowest BCUT2D eigenvalue weighted by molar-refractivity contribution is 0.116. The largest absolute Gasteiger partial charge is 0.356 e. The molecule has 0 bridgehead atoms. The highest BCUT2D eigenvalue weighted by Crippen LogP contribution is 2.22. The molecular formula is C18H40IN5. The molecule has 0 aromatic rings. The van der Waals surface area contributed by atoms with E-state index in [-0.39, 0.29) is 24.0 Å². The summed E-state index contributed by atoms with van der Waals surface area (Å²) >= 11 is 0. The Kier molecular flexibility index (Phi) is 12.3. The van der Waals surface area contributed by atoms with Crippen LogP contribution in [-0.4, -0.2) is 75.7 Å². The average molecular weight is 453 g/mol. The lowest BCUT2D eigenvalue weighted by Crippen LogP contribution is -2.55. The van der Waals surface area contributed by atoms with Crippen LogP contribution in [-0.2, 0) is 0 Å². The molecule has 1 aliphatic heterocycles. The Morgan fingerprint density at radius 2 is 1.88 bits per heavy atom.